The molecule has 3 rings (SSSR count). The van der Waals surface area contributed by atoms with Crippen molar-refractivity contribution in [3.63, 3.8) is 0 Å². The van der Waals surface area contributed by atoms with Crippen molar-refractivity contribution in [2.24, 2.45) is 0 Å². The smallest absolute Gasteiger partial charge is 0.411 e. The van der Waals surface area contributed by atoms with Crippen molar-refractivity contribution in [3.8, 4) is 5.75 Å². The Morgan fingerprint density at radius 1 is 1.28 bits per heavy atom. The minimum Gasteiger partial charge on any atom is -0.497 e. The maximum absolute atomic E-state index is 12.7. The maximum Gasteiger partial charge on any atom is 0.411 e. The van der Waals surface area contributed by atoms with E-state index in [-0.39, 0.29) is 18.2 Å². The first-order valence-corrected chi connectivity index (χ1v) is 9.22. The average Bonchev–Trinajstić information content (AvgIpc) is 2.52. The van der Waals surface area contributed by atoms with Gasteiger partial charge in [-0.3, -0.25) is 4.90 Å². The minimum absolute atomic E-state index is 0.0691. The third-order valence-corrected chi connectivity index (χ3v) is 5.09. The number of ether oxygens (including phenoxy) is 2. The number of methoxy groups -OCH3 is 1. The van der Waals surface area contributed by atoms with Gasteiger partial charge in [-0.05, 0) is 75.8 Å². The quantitative estimate of drug-likeness (QED) is 0.716. The fourth-order valence-corrected chi connectivity index (χ4v) is 3.94. The number of nitrogens with zero attached hydrogens (tertiary/aromatic N) is 1. The second-order valence-electron chi connectivity index (χ2n) is 7.78. The molecule has 2 aliphatic rings. The molecular weight excluding hydrogens is 338 g/mol. The van der Waals surface area contributed by atoms with E-state index < -0.39 is 5.60 Å². The number of halogens is 1. The molecule has 2 bridgehead atoms. The number of carbonyl (C=O) groups is 1. The van der Waals surface area contributed by atoms with Crippen molar-refractivity contribution in [1.29, 1.82) is 0 Å². The zero-order valence-electron chi connectivity index (χ0n) is 15.3. The number of hydrogen-bond donors (Lipinski definition) is 0. The fourth-order valence-electron chi connectivity index (χ4n) is 3.71. The average molecular weight is 364 g/mol. The molecule has 0 saturated carbocycles. The minimum atomic E-state index is -0.481. The molecule has 1 saturated heterocycles. The van der Waals surface area contributed by atoms with Crippen LogP contribution in [0.25, 0.3) is 5.57 Å². The number of carbonyl (C=O) groups excluding carboxylic acids is 1. The van der Waals surface area contributed by atoms with Gasteiger partial charge in [0.15, 0.2) is 0 Å². The molecule has 136 valence electrons. The highest BCUT2D eigenvalue weighted by Crippen LogP contribution is 2.40. The van der Waals surface area contributed by atoms with Crippen molar-refractivity contribution in [1.82, 2.24) is 4.90 Å². The normalized spacial score (nSPS) is 23.1. The zero-order valence-corrected chi connectivity index (χ0v) is 16.1. The predicted molar refractivity (Wildman–Crippen MR) is 100 cm³/mol. The van der Waals surface area contributed by atoms with Gasteiger partial charge in [0.2, 0.25) is 0 Å². The standard InChI is InChI=1S/C20H26ClNO3/c1-20(2,3)25-19(23)22-14-6-5-7-15(22)11-13(10-14)17-12-16(24-4)8-9-18(17)21/h8-10,12,14-15H,5-7,11H2,1-4H3. The summed E-state index contributed by atoms with van der Waals surface area (Å²) in [7, 11) is 1.65. The van der Waals surface area contributed by atoms with Crippen LogP contribution in [0.15, 0.2) is 24.3 Å². The Labute approximate surface area is 154 Å². The lowest BCUT2D eigenvalue weighted by atomic mass is 9.83. The van der Waals surface area contributed by atoms with Crippen LogP contribution in [0.3, 0.4) is 0 Å². The van der Waals surface area contributed by atoms with Crippen LogP contribution in [0, 0.1) is 0 Å². The second-order valence-corrected chi connectivity index (χ2v) is 8.19. The van der Waals surface area contributed by atoms with Gasteiger partial charge in [0.25, 0.3) is 0 Å². The fraction of sp³-hybridized carbons (Fsp3) is 0.550. The van der Waals surface area contributed by atoms with E-state index in [2.05, 4.69) is 6.08 Å². The van der Waals surface area contributed by atoms with E-state index in [4.69, 9.17) is 21.1 Å². The summed E-state index contributed by atoms with van der Waals surface area (Å²) in [5.74, 6) is 0.792. The van der Waals surface area contributed by atoms with Gasteiger partial charge < -0.3 is 9.47 Å². The summed E-state index contributed by atoms with van der Waals surface area (Å²) in [4.78, 5) is 14.6. The topological polar surface area (TPSA) is 38.8 Å². The molecule has 2 heterocycles. The van der Waals surface area contributed by atoms with Crippen LogP contribution in [-0.4, -0.2) is 35.8 Å². The van der Waals surface area contributed by atoms with Crippen molar-refractivity contribution < 1.29 is 14.3 Å². The van der Waals surface area contributed by atoms with E-state index in [0.717, 1.165) is 42.0 Å². The Morgan fingerprint density at radius 3 is 2.68 bits per heavy atom. The lowest BCUT2D eigenvalue weighted by Crippen LogP contribution is -2.53. The lowest BCUT2D eigenvalue weighted by molar-refractivity contribution is 0.0000850. The molecular formula is C20H26ClNO3. The number of benzene rings is 1. The van der Waals surface area contributed by atoms with E-state index in [1.54, 1.807) is 7.11 Å². The zero-order chi connectivity index (χ0) is 18.2. The number of piperidine rings is 1. The monoisotopic (exact) mass is 363 g/mol. The Hall–Kier alpha value is -1.68. The molecule has 1 amide bonds. The van der Waals surface area contributed by atoms with Crippen LogP contribution in [0.2, 0.25) is 5.02 Å². The van der Waals surface area contributed by atoms with Gasteiger partial charge in [-0.25, -0.2) is 4.79 Å². The van der Waals surface area contributed by atoms with E-state index in [0.29, 0.717) is 0 Å². The molecule has 1 aromatic rings. The summed E-state index contributed by atoms with van der Waals surface area (Å²) in [6, 6.07) is 5.94. The Balaban J connectivity index is 1.90. The van der Waals surface area contributed by atoms with Crippen LogP contribution in [0.5, 0.6) is 5.75 Å². The molecule has 0 radical (unpaired) electrons. The SMILES string of the molecule is COc1ccc(Cl)c(C2=CC3CCCC(C2)N3C(=O)OC(C)(C)C)c1. The highest BCUT2D eigenvalue weighted by Gasteiger charge is 2.39. The van der Waals surface area contributed by atoms with Crippen molar-refractivity contribution in [2.45, 2.75) is 64.1 Å². The largest absolute Gasteiger partial charge is 0.497 e. The Bertz CT molecular complexity index is 693. The van der Waals surface area contributed by atoms with Crippen LogP contribution >= 0.6 is 11.6 Å². The number of amides is 1. The van der Waals surface area contributed by atoms with E-state index >= 15 is 0 Å². The first kappa shape index (κ1) is 18.1. The van der Waals surface area contributed by atoms with Crippen LogP contribution in [0.4, 0.5) is 4.79 Å². The highest BCUT2D eigenvalue weighted by molar-refractivity contribution is 6.32. The third-order valence-electron chi connectivity index (χ3n) is 4.76. The molecule has 25 heavy (non-hydrogen) atoms. The molecule has 1 fully saturated rings. The molecule has 0 spiro atoms. The van der Waals surface area contributed by atoms with Gasteiger partial charge in [0, 0.05) is 11.1 Å². The van der Waals surface area contributed by atoms with Crippen molar-refractivity contribution in [3.05, 3.63) is 34.9 Å². The summed E-state index contributed by atoms with van der Waals surface area (Å²) in [5.41, 5.74) is 1.71. The van der Waals surface area contributed by atoms with Gasteiger partial charge in [-0.1, -0.05) is 17.7 Å². The molecule has 0 aromatic heterocycles. The highest BCUT2D eigenvalue weighted by atomic mass is 35.5. The predicted octanol–water partition coefficient (Wildman–Crippen LogP) is 5.29. The summed E-state index contributed by atoms with van der Waals surface area (Å²) < 4.78 is 11.0. The molecule has 2 aliphatic heterocycles. The summed E-state index contributed by atoms with van der Waals surface area (Å²) in [6.45, 7) is 5.71. The number of rotatable bonds is 2. The summed E-state index contributed by atoms with van der Waals surface area (Å²) in [5, 5.41) is 0.718. The van der Waals surface area contributed by atoms with Crippen LogP contribution in [0.1, 0.15) is 52.0 Å². The molecule has 0 aliphatic carbocycles. The molecule has 5 heteroatoms. The Kier molecular flexibility index (Phi) is 5.01. The van der Waals surface area contributed by atoms with Gasteiger partial charge in [0.1, 0.15) is 11.4 Å². The molecule has 0 N–H and O–H groups in total. The van der Waals surface area contributed by atoms with E-state index in [1.807, 2.05) is 43.9 Å². The summed E-state index contributed by atoms with van der Waals surface area (Å²) in [6.07, 6.45) is 5.84. The maximum atomic E-state index is 12.7. The van der Waals surface area contributed by atoms with Gasteiger partial charge in [-0.15, -0.1) is 0 Å². The molecule has 2 atom stereocenters. The Morgan fingerprint density at radius 2 is 2.04 bits per heavy atom. The van der Waals surface area contributed by atoms with Crippen molar-refractivity contribution >= 4 is 23.3 Å². The van der Waals surface area contributed by atoms with E-state index in [1.165, 1.54) is 5.57 Å². The first-order valence-electron chi connectivity index (χ1n) is 8.84. The lowest BCUT2D eigenvalue weighted by Gasteiger charge is -2.45. The number of fused-ring (bicyclic) bond motifs is 2. The second kappa shape index (κ2) is 6.91. The van der Waals surface area contributed by atoms with Gasteiger partial charge in [0.05, 0.1) is 13.2 Å². The third kappa shape index (κ3) is 3.95. The molecule has 2 unspecified atom stereocenters. The van der Waals surface area contributed by atoms with Gasteiger partial charge >= 0.3 is 6.09 Å². The molecule has 4 nitrogen and oxygen atoms in total. The first-order chi connectivity index (χ1) is 11.8. The summed E-state index contributed by atoms with van der Waals surface area (Å²) >= 11 is 6.43. The van der Waals surface area contributed by atoms with Crippen molar-refractivity contribution in [2.75, 3.05) is 7.11 Å². The van der Waals surface area contributed by atoms with Crippen LogP contribution < -0.4 is 4.74 Å². The van der Waals surface area contributed by atoms with Crippen LogP contribution in [-0.2, 0) is 4.74 Å². The van der Waals surface area contributed by atoms with Gasteiger partial charge in [-0.2, -0.15) is 0 Å². The van der Waals surface area contributed by atoms with E-state index in [9.17, 15) is 4.79 Å². The molecule has 1 aromatic carbocycles. The number of hydrogen-bond acceptors (Lipinski definition) is 3.